The fourth-order valence-corrected chi connectivity index (χ4v) is 7.65. The van der Waals surface area contributed by atoms with Gasteiger partial charge >= 0.3 is 17.9 Å². The smallest absolute Gasteiger partial charge is 0.306 e. The summed E-state index contributed by atoms with van der Waals surface area (Å²) < 4.78 is 16.8. The molecule has 0 bridgehead atoms. The summed E-state index contributed by atoms with van der Waals surface area (Å²) in [6.45, 7) is 6.44. The summed E-state index contributed by atoms with van der Waals surface area (Å²) in [7, 11) is 0. The Morgan fingerprint density at radius 3 is 0.929 bits per heavy atom. The first kappa shape index (κ1) is 66.1. The van der Waals surface area contributed by atoms with Crippen molar-refractivity contribution < 1.29 is 28.6 Å². The van der Waals surface area contributed by atoms with Crippen molar-refractivity contribution in [2.45, 2.75) is 264 Å². The van der Waals surface area contributed by atoms with Crippen LogP contribution in [0.1, 0.15) is 258 Å². The van der Waals surface area contributed by atoms with E-state index in [9.17, 15) is 14.4 Å². The second-order valence-corrected chi connectivity index (χ2v) is 18.8. The van der Waals surface area contributed by atoms with Gasteiger partial charge in [0.1, 0.15) is 13.2 Å². The molecule has 0 spiro atoms. The van der Waals surface area contributed by atoms with Crippen LogP contribution < -0.4 is 0 Å². The maximum absolute atomic E-state index is 12.9. The number of carbonyl (C=O) groups excluding carboxylic acids is 3. The van der Waals surface area contributed by atoms with Crippen molar-refractivity contribution >= 4 is 17.9 Å². The highest BCUT2D eigenvalue weighted by Crippen LogP contribution is 2.14. The normalized spacial score (nSPS) is 12.9. The number of allylic oxidation sites excluding steroid dienone is 18. The number of hydrogen-bond donors (Lipinski definition) is 0. The van der Waals surface area contributed by atoms with Crippen molar-refractivity contribution in [2.75, 3.05) is 13.2 Å². The molecule has 6 nitrogen and oxygen atoms in total. The summed E-state index contributed by atoms with van der Waals surface area (Å²) in [6.07, 6.45) is 77.8. The Kier molecular flexibility index (Phi) is 54.4. The second-order valence-electron chi connectivity index (χ2n) is 18.8. The van der Waals surface area contributed by atoms with Gasteiger partial charge in [-0.05, 0) is 128 Å². The van der Waals surface area contributed by atoms with Gasteiger partial charge < -0.3 is 14.2 Å². The molecule has 0 aliphatic rings. The maximum atomic E-state index is 12.9. The van der Waals surface area contributed by atoms with Gasteiger partial charge in [0.25, 0.3) is 0 Å². The van der Waals surface area contributed by atoms with Crippen LogP contribution in [0.5, 0.6) is 0 Å². The van der Waals surface area contributed by atoms with Gasteiger partial charge in [-0.15, -0.1) is 0 Å². The third kappa shape index (κ3) is 55.0. The molecule has 6 heteroatoms. The molecule has 0 radical (unpaired) electrons. The molecule has 0 aliphatic heterocycles. The van der Waals surface area contributed by atoms with Gasteiger partial charge in [-0.2, -0.15) is 0 Å². The van der Waals surface area contributed by atoms with Crippen molar-refractivity contribution in [3.05, 3.63) is 109 Å². The predicted molar refractivity (Wildman–Crippen MR) is 302 cm³/mol. The van der Waals surface area contributed by atoms with Gasteiger partial charge in [-0.3, -0.25) is 14.4 Å². The second kappa shape index (κ2) is 57.6. The van der Waals surface area contributed by atoms with Crippen LogP contribution in [0.3, 0.4) is 0 Å². The minimum absolute atomic E-state index is 0.0999. The average Bonchev–Trinajstić information content (AvgIpc) is 3.36. The van der Waals surface area contributed by atoms with Crippen LogP contribution in [0, 0.1) is 0 Å². The van der Waals surface area contributed by atoms with Crippen molar-refractivity contribution in [2.24, 2.45) is 0 Å². The largest absolute Gasteiger partial charge is 0.462 e. The number of unbranched alkanes of at least 4 members (excludes halogenated alkanes) is 22. The maximum Gasteiger partial charge on any atom is 0.306 e. The summed E-state index contributed by atoms with van der Waals surface area (Å²) >= 11 is 0. The van der Waals surface area contributed by atoms with Crippen LogP contribution in [0.15, 0.2) is 109 Å². The van der Waals surface area contributed by atoms with Gasteiger partial charge in [0, 0.05) is 19.3 Å². The van der Waals surface area contributed by atoms with Gasteiger partial charge in [0.2, 0.25) is 0 Å². The Morgan fingerprint density at radius 1 is 0.300 bits per heavy atom. The number of esters is 3. The topological polar surface area (TPSA) is 78.9 Å². The van der Waals surface area contributed by atoms with E-state index in [1.165, 1.54) is 83.5 Å². The molecular weight excluding hydrogens is 865 g/mol. The van der Waals surface area contributed by atoms with Crippen molar-refractivity contribution in [3.8, 4) is 0 Å². The van der Waals surface area contributed by atoms with E-state index in [0.717, 1.165) is 135 Å². The molecule has 0 unspecified atom stereocenters. The van der Waals surface area contributed by atoms with E-state index >= 15 is 0 Å². The Bertz CT molecular complexity index is 1440. The SMILES string of the molecule is CC/C=C\C/C=C\C/C=C\C/C=C\C/C=C\CCCCCC(=O)OC[C@@H](COC(=O)CCCCCCC/C=C\CCCCCCC)OC(=O)CCCCCCCC/C=C\C/C=C\C/C=C\CCCCC. The average molecular weight is 972 g/mol. The first-order valence-corrected chi connectivity index (χ1v) is 28.9. The standard InChI is InChI=1S/C64H106O6/c1-4-7-10-13-16-19-22-25-28-30-32-34-36-39-42-45-48-51-54-57-63(66)69-60-61(59-68-62(65)56-53-50-47-44-41-38-27-24-21-18-15-12-9-6-3)70-64(67)58-55-52-49-46-43-40-37-35-33-31-29-26-23-20-17-14-11-8-5-2/h7,10,16-17,19-20,24-29,32-35,39,42,61H,4-6,8-9,11-15,18,21-23,30-31,36-38,40-41,43-60H2,1-3H3/b10-7-,19-16-,20-17-,27-24-,28-25-,29-26-,34-32-,35-33-,42-39-/t61-/m1/s1. The lowest BCUT2D eigenvalue weighted by Crippen LogP contribution is -2.30. The lowest BCUT2D eigenvalue weighted by atomic mass is 10.1. The predicted octanol–water partition coefficient (Wildman–Crippen LogP) is 19.5. The molecule has 0 heterocycles. The van der Waals surface area contributed by atoms with E-state index in [4.69, 9.17) is 14.2 Å². The van der Waals surface area contributed by atoms with Crippen molar-refractivity contribution in [3.63, 3.8) is 0 Å². The van der Waals surface area contributed by atoms with E-state index in [1.807, 2.05) is 0 Å². The van der Waals surface area contributed by atoms with Gasteiger partial charge in [0.05, 0.1) is 0 Å². The third-order valence-corrected chi connectivity index (χ3v) is 12.0. The zero-order valence-corrected chi connectivity index (χ0v) is 45.5. The van der Waals surface area contributed by atoms with Crippen LogP contribution in [0.25, 0.3) is 0 Å². The summed E-state index contributed by atoms with van der Waals surface area (Å²) in [5, 5.41) is 0. The number of ether oxygens (including phenoxy) is 3. The molecular formula is C64H106O6. The molecule has 0 N–H and O–H groups in total. The lowest BCUT2D eigenvalue weighted by Gasteiger charge is -2.18. The highest BCUT2D eigenvalue weighted by atomic mass is 16.6. The molecule has 70 heavy (non-hydrogen) atoms. The lowest BCUT2D eigenvalue weighted by molar-refractivity contribution is -0.167. The highest BCUT2D eigenvalue weighted by Gasteiger charge is 2.19. The summed E-state index contributed by atoms with van der Waals surface area (Å²) in [4.78, 5) is 38.2. The summed E-state index contributed by atoms with van der Waals surface area (Å²) in [6, 6.07) is 0. The molecule has 0 rings (SSSR count). The molecule has 1 atom stereocenters. The Balaban J connectivity index is 4.49. The van der Waals surface area contributed by atoms with Gasteiger partial charge in [-0.1, -0.05) is 220 Å². The fourth-order valence-electron chi connectivity index (χ4n) is 7.65. The zero-order valence-electron chi connectivity index (χ0n) is 45.5. The summed E-state index contributed by atoms with van der Waals surface area (Å²) in [5.41, 5.74) is 0. The van der Waals surface area contributed by atoms with E-state index in [-0.39, 0.29) is 31.1 Å². The molecule has 0 aromatic heterocycles. The molecule has 0 aromatic rings. The number of hydrogen-bond acceptors (Lipinski definition) is 6. The van der Waals surface area contributed by atoms with Crippen LogP contribution in [-0.2, 0) is 28.6 Å². The highest BCUT2D eigenvalue weighted by molar-refractivity contribution is 5.71. The van der Waals surface area contributed by atoms with Crippen molar-refractivity contribution in [1.29, 1.82) is 0 Å². The molecule has 0 fully saturated rings. The third-order valence-electron chi connectivity index (χ3n) is 12.0. The monoisotopic (exact) mass is 971 g/mol. The Hall–Kier alpha value is -3.93. The fraction of sp³-hybridized carbons (Fsp3) is 0.672. The zero-order chi connectivity index (χ0) is 50.7. The van der Waals surface area contributed by atoms with Crippen molar-refractivity contribution in [1.82, 2.24) is 0 Å². The minimum atomic E-state index is -0.805. The van der Waals surface area contributed by atoms with E-state index in [2.05, 4.69) is 130 Å². The molecule has 0 saturated carbocycles. The molecule has 0 aromatic carbocycles. The molecule has 398 valence electrons. The van der Waals surface area contributed by atoms with Gasteiger partial charge in [0.15, 0.2) is 6.10 Å². The number of carbonyl (C=O) groups is 3. The Labute approximate surface area is 431 Å². The quantitative estimate of drug-likeness (QED) is 0.0262. The first-order valence-electron chi connectivity index (χ1n) is 28.9. The van der Waals surface area contributed by atoms with E-state index < -0.39 is 6.10 Å². The Morgan fingerprint density at radius 2 is 0.557 bits per heavy atom. The van der Waals surface area contributed by atoms with Crippen LogP contribution in [0.2, 0.25) is 0 Å². The molecule has 0 aliphatic carbocycles. The van der Waals surface area contributed by atoms with Crippen LogP contribution in [-0.4, -0.2) is 37.2 Å². The molecule has 0 amide bonds. The number of rotatable bonds is 51. The van der Waals surface area contributed by atoms with Crippen LogP contribution in [0.4, 0.5) is 0 Å². The van der Waals surface area contributed by atoms with E-state index in [0.29, 0.717) is 19.3 Å². The molecule has 0 saturated heterocycles. The minimum Gasteiger partial charge on any atom is -0.462 e. The van der Waals surface area contributed by atoms with Crippen LogP contribution >= 0.6 is 0 Å². The first-order chi connectivity index (χ1) is 34.5. The van der Waals surface area contributed by atoms with E-state index in [1.54, 1.807) is 0 Å². The van der Waals surface area contributed by atoms with Gasteiger partial charge in [-0.25, -0.2) is 0 Å². The summed E-state index contributed by atoms with van der Waals surface area (Å²) in [5.74, 6) is -0.953.